The zero-order valence-corrected chi connectivity index (χ0v) is 19.2. The highest BCUT2D eigenvalue weighted by atomic mass is 16.5. The molecule has 4 heterocycles. The van der Waals surface area contributed by atoms with Crippen LogP contribution < -0.4 is 10.6 Å². The van der Waals surface area contributed by atoms with E-state index in [1.165, 1.54) is 18.4 Å². The lowest BCUT2D eigenvalue weighted by Crippen LogP contribution is -2.76. The molecule has 1 aliphatic carbocycles. The predicted octanol–water partition coefficient (Wildman–Crippen LogP) is 2.85. The molecule has 31 heavy (non-hydrogen) atoms. The van der Waals surface area contributed by atoms with Gasteiger partial charge in [0.1, 0.15) is 5.54 Å². The topological polar surface area (TPSA) is 53.6 Å². The van der Waals surface area contributed by atoms with Crippen LogP contribution in [0, 0.1) is 23.7 Å². The zero-order chi connectivity index (χ0) is 21.4. The van der Waals surface area contributed by atoms with E-state index in [9.17, 15) is 4.79 Å². The first-order valence-corrected chi connectivity index (χ1v) is 12.5. The van der Waals surface area contributed by atoms with Crippen LogP contribution in [0.2, 0.25) is 0 Å². The molecule has 5 fully saturated rings. The van der Waals surface area contributed by atoms with Gasteiger partial charge in [-0.05, 0) is 62.0 Å². The molecule has 0 spiro atoms. The Bertz CT molecular complexity index is 763. The number of nitrogens with zero attached hydrogens (tertiary/aromatic N) is 1. The van der Waals surface area contributed by atoms with Crippen molar-refractivity contribution in [2.75, 3.05) is 32.8 Å². The van der Waals surface area contributed by atoms with Crippen LogP contribution >= 0.6 is 0 Å². The van der Waals surface area contributed by atoms with Gasteiger partial charge in [0, 0.05) is 38.2 Å². The van der Waals surface area contributed by atoms with Gasteiger partial charge in [0.2, 0.25) is 5.91 Å². The molecule has 4 aliphatic heterocycles. The molecule has 1 saturated carbocycles. The molecule has 1 aromatic rings. The van der Waals surface area contributed by atoms with Crippen molar-refractivity contribution in [3.8, 4) is 0 Å². The number of hydrogen-bond donors (Lipinski definition) is 2. The smallest absolute Gasteiger partial charge is 0.242 e. The molecule has 1 amide bonds. The minimum absolute atomic E-state index is 0.179. The summed E-state index contributed by atoms with van der Waals surface area (Å²) in [6.45, 7) is 9.16. The quantitative estimate of drug-likeness (QED) is 0.705. The molecular weight excluding hydrogens is 386 g/mol. The zero-order valence-electron chi connectivity index (χ0n) is 19.2. The van der Waals surface area contributed by atoms with E-state index in [1.807, 2.05) is 0 Å². The number of hydrogen-bond acceptors (Lipinski definition) is 4. The van der Waals surface area contributed by atoms with Crippen molar-refractivity contribution in [1.29, 1.82) is 0 Å². The fourth-order valence-corrected chi connectivity index (χ4v) is 7.06. The van der Waals surface area contributed by atoms with Gasteiger partial charge in [0.05, 0.1) is 6.10 Å². The summed E-state index contributed by atoms with van der Waals surface area (Å²) in [6.07, 6.45) is 5.83. The van der Waals surface area contributed by atoms with Crippen molar-refractivity contribution in [2.45, 2.75) is 63.6 Å². The van der Waals surface area contributed by atoms with E-state index in [4.69, 9.17) is 4.74 Å². The molecule has 0 aromatic heterocycles. The second-order valence-corrected chi connectivity index (χ2v) is 10.8. The van der Waals surface area contributed by atoms with E-state index in [0.717, 1.165) is 45.5 Å². The highest BCUT2D eigenvalue weighted by Crippen LogP contribution is 2.53. The fourth-order valence-electron chi connectivity index (χ4n) is 7.06. The van der Waals surface area contributed by atoms with Crippen molar-refractivity contribution in [3.05, 3.63) is 35.9 Å². The third-order valence-electron chi connectivity index (χ3n) is 8.27. The van der Waals surface area contributed by atoms with Crippen molar-refractivity contribution >= 4 is 5.91 Å². The second kappa shape index (κ2) is 8.84. The average Bonchev–Trinajstić information content (AvgIpc) is 3.04. The van der Waals surface area contributed by atoms with Gasteiger partial charge >= 0.3 is 0 Å². The van der Waals surface area contributed by atoms with Crippen LogP contribution in [0.4, 0.5) is 0 Å². The average molecular weight is 426 g/mol. The summed E-state index contributed by atoms with van der Waals surface area (Å²) in [5.74, 6) is 2.42. The summed E-state index contributed by atoms with van der Waals surface area (Å²) < 4.78 is 5.89. The molecule has 4 bridgehead atoms. The molecule has 5 heteroatoms. The van der Waals surface area contributed by atoms with Crippen LogP contribution in [0.1, 0.15) is 45.1 Å². The Morgan fingerprint density at radius 1 is 1.29 bits per heavy atom. The number of ether oxygens (including phenoxy) is 1. The van der Waals surface area contributed by atoms with Crippen LogP contribution in [0.5, 0.6) is 0 Å². The molecule has 1 aromatic carbocycles. The summed E-state index contributed by atoms with van der Waals surface area (Å²) >= 11 is 0. The third kappa shape index (κ3) is 3.94. The van der Waals surface area contributed by atoms with Gasteiger partial charge in [0.15, 0.2) is 0 Å². The van der Waals surface area contributed by atoms with E-state index in [0.29, 0.717) is 30.2 Å². The van der Waals surface area contributed by atoms with E-state index < -0.39 is 5.54 Å². The van der Waals surface area contributed by atoms with Gasteiger partial charge < -0.3 is 15.4 Å². The summed E-state index contributed by atoms with van der Waals surface area (Å²) in [4.78, 5) is 16.5. The Morgan fingerprint density at radius 3 is 2.87 bits per heavy atom. The lowest BCUT2D eigenvalue weighted by Gasteiger charge is -2.56. The van der Waals surface area contributed by atoms with Crippen LogP contribution in [0.3, 0.4) is 0 Å². The van der Waals surface area contributed by atoms with Crippen molar-refractivity contribution in [2.24, 2.45) is 23.7 Å². The number of likely N-dealkylation sites (tertiary alicyclic amines) is 1. The third-order valence-corrected chi connectivity index (χ3v) is 8.27. The number of nitrogens with one attached hydrogen (secondary N) is 2. The summed E-state index contributed by atoms with van der Waals surface area (Å²) in [5, 5.41) is 7.15. The summed E-state index contributed by atoms with van der Waals surface area (Å²) in [6, 6.07) is 11.2. The number of carbonyl (C=O) groups excluding carboxylic acids is 1. The Labute approximate surface area is 187 Å². The maximum absolute atomic E-state index is 13.9. The van der Waals surface area contributed by atoms with Crippen LogP contribution in [0.15, 0.2) is 30.3 Å². The van der Waals surface area contributed by atoms with Crippen molar-refractivity contribution in [3.63, 3.8) is 0 Å². The molecule has 5 nitrogen and oxygen atoms in total. The number of piperidine rings is 2. The number of rotatable bonds is 7. The van der Waals surface area contributed by atoms with Crippen molar-refractivity contribution < 1.29 is 9.53 Å². The highest BCUT2D eigenvalue weighted by molar-refractivity contribution is 5.89. The molecular formula is C26H39N3O2. The highest BCUT2D eigenvalue weighted by Gasteiger charge is 2.67. The molecule has 1 unspecified atom stereocenters. The SMILES string of the molecule is CC(C)CN1C[C@@H]2C[C@H]3CN[C@]2(C(=O)NCC2CCCCO2)[C@@H]1[C@@H]3Cc1ccccc1. The van der Waals surface area contributed by atoms with E-state index >= 15 is 0 Å². The lowest BCUT2D eigenvalue weighted by molar-refractivity contribution is -0.139. The van der Waals surface area contributed by atoms with Crippen LogP contribution in [0.25, 0.3) is 0 Å². The molecule has 4 saturated heterocycles. The predicted molar refractivity (Wildman–Crippen MR) is 123 cm³/mol. The number of fused-ring (bicyclic) bond motifs is 1. The summed E-state index contributed by atoms with van der Waals surface area (Å²) in [5.41, 5.74) is 0.955. The maximum atomic E-state index is 13.9. The molecule has 0 radical (unpaired) electrons. The van der Waals surface area contributed by atoms with Crippen molar-refractivity contribution in [1.82, 2.24) is 15.5 Å². The maximum Gasteiger partial charge on any atom is 0.242 e. The number of benzene rings is 1. The molecule has 170 valence electrons. The van der Waals surface area contributed by atoms with Gasteiger partial charge in [-0.3, -0.25) is 9.69 Å². The molecule has 2 N–H and O–H groups in total. The lowest BCUT2D eigenvalue weighted by atomic mass is 9.58. The second-order valence-electron chi connectivity index (χ2n) is 10.8. The normalized spacial score (nSPS) is 37.3. The number of amides is 1. The first-order chi connectivity index (χ1) is 15.1. The largest absolute Gasteiger partial charge is 0.376 e. The van der Waals surface area contributed by atoms with Crippen LogP contribution in [-0.2, 0) is 16.0 Å². The Kier molecular flexibility index (Phi) is 6.11. The Balaban J connectivity index is 1.40. The van der Waals surface area contributed by atoms with Gasteiger partial charge in [-0.25, -0.2) is 0 Å². The van der Waals surface area contributed by atoms with Crippen LogP contribution in [-0.4, -0.2) is 61.3 Å². The Hall–Kier alpha value is -1.43. The van der Waals surface area contributed by atoms with E-state index in [1.54, 1.807) is 0 Å². The standard InChI is InChI=1S/C26H39N3O2/c1-18(2)16-29-17-21-13-20-14-28-26(21,25(30)27-15-22-10-6-7-11-31-22)24(29)23(20)12-19-8-4-3-5-9-19/h3-5,8-9,18,20-24,28H,6-7,10-17H2,1-2H3,(H,27,30)/t20-,21-,22?,23+,24-,26-/m0/s1. The minimum Gasteiger partial charge on any atom is -0.376 e. The summed E-state index contributed by atoms with van der Waals surface area (Å²) in [7, 11) is 0. The minimum atomic E-state index is -0.447. The fraction of sp³-hybridized carbons (Fsp3) is 0.731. The molecule has 6 rings (SSSR count). The van der Waals surface area contributed by atoms with E-state index in [-0.39, 0.29) is 18.1 Å². The van der Waals surface area contributed by atoms with Gasteiger partial charge in [-0.1, -0.05) is 44.2 Å². The first kappa shape index (κ1) is 21.4. The van der Waals surface area contributed by atoms with Gasteiger partial charge in [-0.2, -0.15) is 0 Å². The molecule has 5 aliphatic rings. The first-order valence-electron chi connectivity index (χ1n) is 12.5. The van der Waals surface area contributed by atoms with Gasteiger partial charge in [0.25, 0.3) is 0 Å². The van der Waals surface area contributed by atoms with Gasteiger partial charge in [-0.15, -0.1) is 0 Å². The van der Waals surface area contributed by atoms with E-state index in [2.05, 4.69) is 59.7 Å². The molecule has 6 atom stereocenters. The monoisotopic (exact) mass is 425 g/mol. The Morgan fingerprint density at radius 2 is 2.13 bits per heavy atom. The number of carbonyl (C=O) groups is 1.